The van der Waals surface area contributed by atoms with Crippen LogP contribution in [0.3, 0.4) is 0 Å². The predicted octanol–water partition coefficient (Wildman–Crippen LogP) is 1.35. The lowest BCUT2D eigenvalue weighted by Gasteiger charge is -2.42. The van der Waals surface area contributed by atoms with Gasteiger partial charge in [-0.3, -0.25) is 4.79 Å². The van der Waals surface area contributed by atoms with E-state index in [1.165, 1.54) is 18.2 Å². The van der Waals surface area contributed by atoms with Crippen LogP contribution in [0.25, 0.3) is 0 Å². The minimum absolute atomic E-state index is 0.121. The van der Waals surface area contributed by atoms with Gasteiger partial charge in [-0.25, -0.2) is 0 Å². The minimum atomic E-state index is -0.392. The zero-order valence-electron chi connectivity index (χ0n) is 10.5. The van der Waals surface area contributed by atoms with E-state index in [0.29, 0.717) is 19.8 Å². The Morgan fingerprint density at radius 3 is 2.44 bits per heavy atom. The molecule has 1 amide bonds. The summed E-state index contributed by atoms with van der Waals surface area (Å²) in [6.07, 6.45) is 0. The van der Waals surface area contributed by atoms with Crippen LogP contribution in [0.15, 0.2) is 18.2 Å². The number of hydrogen-bond acceptors (Lipinski definition) is 4. The average Bonchev–Trinajstić information content (AvgIpc) is 2.26. The largest absolute Gasteiger partial charge is 0.508 e. The molecule has 1 heterocycles. The molecule has 18 heavy (non-hydrogen) atoms. The highest BCUT2D eigenvalue weighted by Crippen LogP contribution is 2.25. The van der Waals surface area contributed by atoms with Gasteiger partial charge in [0.2, 0.25) is 0 Å². The topological polar surface area (TPSA) is 70.0 Å². The first-order valence-corrected chi connectivity index (χ1v) is 5.83. The molecule has 2 rings (SSSR count). The summed E-state index contributed by atoms with van der Waals surface area (Å²) in [5.41, 5.74) is -0.112. The molecule has 1 aromatic rings. The third-order valence-electron chi connectivity index (χ3n) is 3.04. The molecule has 1 aliphatic heterocycles. The summed E-state index contributed by atoms with van der Waals surface area (Å²) in [6.45, 7) is 5.32. The fourth-order valence-electron chi connectivity index (χ4n) is 2.11. The van der Waals surface area contributed by atoms with Crippen molar-refractivity contribution < 1.29 is 19.7 Å². The number of benzene rings is 1. The molecule has 0 atom stereocenters. The molecule has 98 valence electrons. The van der Waals surface area contributed by atoms with E-state index in [0.717, 1.165) is 0 Å². The van der Waals surface area contributed by atoms with E-state index in [4.69, 9.17) is 4.74 Å². The van der Waals surface area contributed by atoms with Gasteiger partial charge in [-0.2, -0.15) is 0 Å². The number of rotatable bonds is 1. The van der Waals surface area contributed by atoms with E-state index in [1.807, 2.05) is 13.8 Å². The molecule has 5 nitrogen and oxygen atoms in total. The average molecular weight is 251 g/mol. The second kappa shape index (κ2) is 4.49. The third kappa shape index (κ3) is 2.41. The first-order chi connectivity index (χ1) is 8.40. The van der Waals surface area contributed by atoms with Gasteiger partial charge in [0.15, 0.2) is 0 Å². The molecular formula is C13H17NO4. The Morgan fingerprint density at radius 2 is 1.89 bits per heavy atom. The SMILES string of the molecule is CC1(C)COCCN1C(=O)c1cc(O)cc(O)c1. The number of amides is 1. The lowest BCUT2D eigenvalue weighted by atomic mass is 10.0. The van der Waals surface area contributed by atoms with Crippen LogP contribution in [0.5, 0.6) is 11.5 Å². The smallest absolute Gasteiger partial charge is 0.254 e. The van der Waals surface area contributed by atoms with Crippen molar-refractivity contribution in [3.8, 4) is 11.5 Å². The highest BCUT2D eigenvalue weighted by Gasteiger charge is 2.34. The van der Waals surface area contributed by atoms with Crippen molar-refractivity contribution >= 4 is 5.91 Å². The highest BCUT2D eigenvalue weighted by atomic mass is 16.5. The van der Waals surface area contributed by atoms with Crippen LogP contribution in [0.4, 0.5) is 0 Å². The fraction of sp³-hybridized carbons (Fsp3) is 0.462. The maximum Gasteiger partial charge on any atom is 0.254 e. The van der Waals surface area contributed by atoms with Crippen LogP contribution in [0.2, 0.25) is 0 Å². The molecule has 1 aliphatic rings. The number of morpholine rings is 1. The van der Waals surface area contributed by atoms with E-state index in [-0.39, 0.29) is 23.0 Å². The number of hydrogen-bond donors (Lipinski definition) is 2. The quantitative estimate of drug-likeness (QED) is 0.790. The fourth-order valence-corrected chi connectivity index (χ4v) is 2.11. The highest BCUT2D eigenvalue weighted by molar-refractivity contribution is 5.95. The van der Waals surface area contributed by atoms with Crippen LogP contribution in [-0.2, 0) is 4.74 Å². The van der Waals surface area contributed by atoms with Gasteiger partial charge >= 0.3 is 0 Å². The summed E-state index contributed by atoms with van der Waals surface area (Å²) < 4.78 is 5.36. The van der Waals surface area contributed by atoms with Crippen molar-refractivity contribution in [3.63, 3.8) is 0 Å². The number of carbonyl (C=O) groups excluding carboxylic acids is 1. The minimum Gasteiger partial charge on any atom is -0.508 e. The van der Waals surface area contributed by atoms with Crippen molar-refractivity contribution in [2.45, 2.75) is 19.4 Å². The van der Waals surface area contributed by atoms with Gasteiger partial charge in [0, 0.05) is 18.2 Å². The third-order valence-corrected chi connectivity index (χ3v) is 3.04. The summed E-state index contributed by atoms with van der Waals surface area (Å²) in [7, 11) is 0. The normalized spacial score (nSPS) is 18.7. The van der Waals surface area contributed by atoms with E-state index < -0.39 is 5.54 Å². The van der Waals surface area contributed by atoms with Crippen LogP contribution in [0.1, 0.15) is 24.2 Å². The summed E-state index contributed by atoms with van der Waals surface area (Å²) in [4.78, 5) is 14.1. The number of phenolic OH excluding ortho intramolecular Hbond substituents is 2. The maximum absolute atomic E-state index is 12.4. The number of ether oxygens (including phenoxy) is 1. The molecule has 1 aromatic carbocycles. The van der Waals surface area contributed by atoms with E-state index in [9.17, 15) is 15.0 Å². The van der Waals surface area contributed by atoms with Crippen molar-refractivity contribution in [2.75, 3.05) is 19.8 Å². The van der Waals surface area contributed by atoms with Crippen LogP contribution < -0.4 is 0 Å². The molecule has 1 saturated heterocycles. The zero-order valence-corrected chi connectivity index (χ0v) is 10.5. The van der Waals surface area contributed by atoms with Gasteiger partial charge in [-0.15, -0.1) is 0 Å². The van der Waals surface area contributed by atoms with Crippen molar-refractivity contribution in [3.05, 3.63) is 23.8 Å². The van der Waals surface area contributed by atoms with Gasteiger partial charge < -0.3 is 19.8 Å². The van der Waals surface area contributed by atoms with Crippen LogP contribution in [0, 0.1) is 0 Å². The van der Waals surface area contributed by atoms with Crippen LogP contribution in [-0.4, -0.2) is 46.3 Å². The molecule has 0 bridgehead atoms. The maximum atomic E-state index is 12.4. The molecule has 0 aliphatic carbocycles. The molecule has 2 N–H and O–H groups in total. The van der Waals surface area contributed by atoms with E-state index in [2.05, 4.69) is 0 Å². The predicted molar refractivity (Wildman–Crippen MR) is 65.7 cm³/mol. The van der Waals surface area contributed by atoms with Crippen LogP contribution >= 0.6 is 0 Å². The molecule has 5 heteroatoms. The van der Waals surface area contributed by atoms with Gasteiger partial charge in [0.1, 0.15) is 11.5 Å². The number of nitrogens with zero attached hydrogens (tertiary/aromatic N) is 1. The van der Waals surface area contributed by atoms with E-state index >= 15 is 0 Å². The summed E-state index contributed by atoms with van der Waals surface area (Å²) >= 11 is 0. The Labute approximate surface area is 106 Å². The van der Waals surface area contributed by atoms with E-state index in [1.54, 1.807) is 4.90 Å². The van der Waals surface area contributed by atoms with Crippen molar-refractivity contribution in [1.29, 1.82) is 0 Å². The second-order valence-electron chi connectivity index (χ2n) is 5.06. The Morgan fingerprint density at radius 1 is 1.28 bits per heavy atom. The first kappa shape index (κ1) is 12.7. The van der Waals surface area contributed by atoms with Crippen molar-refractivity contribution in [2.24, 2.45) is 0 Å². The molecule has 0 unspecified atom stereocenters. The standard InChI is InChI=1S/C13H17NO4/c1-13(2)8-18-4-3-14(13)12(17)9-5-10(15)7-11(16)6-9/h5-7,15-16H,3-4,8H2,1-2H3. The van der Waals surface area contributed by atoms with Gasteiger partial charge in [0.25, 0.3) is 5.91 Å². The number of aromatic hydroxyl groups is 2. The number of phenols is 2. The van der Waals surface area contributed by atoms with Gasteiger partial charge in [0.05, 0.1) is 18.8 Å². The Bertz CT molecular complexity index is 450. The molecule has 0 spiro atoms. The zero-order chi connectivity index (χ0) is 13.3. The lowest BCUT2D eigenvalue weighted by Crippen LogP contribution is -2.55. The molecule has 0 saturated carbocycles. The Kier molecular flexibility index (Phi) is 3.17. The molecular weight excluding hydrogens is 234 g/mol. The second-order valence-corrected chi connectivity index (χ2v) is 5.06. The molecule has 1 fully saturated rings. The summed E-state index contributed by atoms with van der Waals surface area (Å²) in [6, 6.07) is 3.91. The van der Waals surface area contributed by atoms with Gasteiger partial charge in [-0.05, 0) is 26.0 Å². The molecule has 0 radical (unpaired) electrons. The number of carbonyl (C=O) groups is 1. The van der Waals surface area contributed by atoms with Gasteiger partial charge in [-0.1, -0.05) is 0 Å². The Hall–Kier alpha value is -1.75. The first-order valence-electron chi connectivity index (χ1n) is 5.83. The van der Waals surface area contributed by atoms with Crippen molar-refractivity contribution in [1.82, 2.24) is 4.90 Å². The summed E-state index contributed by atoms with van der Waals surface area (Å²) in [5.74, 6) is -0.455. The Balaban J connectivity index is 2.30. The molecule has 0 aromatic heterocycles. The summed E-state index contributed by atoms with van der Waals surface area (Å²) in [5, 5.41) is 18.8. The lowest BCUT2D eigenvalue weighted by molar-refractivity contribution is -0.0370. The monoisotopic (exact) mass is 251 g/mol.